The van der Waals surface area contributed by atoms with E-state index in [1.165, 1.54) is 17.8 Å². The van der Waals surface area contributed by atoms with E-state index in [2.05, 4.69) is 31.5 Å². The first kappa shape index (κ1) is 16.4. The number of nitrogens with zero attached hydrogens (tertiary/aromatic N) is 4. The second-order valence-corrected chi connectivity index (χ2v) is 4.33. The zero-order chi connectivity index (χ0) is 13.7. The molecule has 2 N–H and O–H groups in total. The topological polar surface area (TPSA) is 75.2 Å². The minimum Gasteiger partial charge on any atom is -0.328 e. The number of aromatic nitrogens is 3. The summed E-state index contributed by atoms with van der Waals surface area (Å²) in [5.74, 6) is 3.48. The Morgan fingerprint density at radius 1 is 1.50 bits per heavy atom. The Hall–Kier alpha value is -1.62. The van der Waals surface area contributed by atoms with Crippen molar-refractivity contribution in [3.05, 3.63) is 6.33 Å². The van der Waals surface area contributed by atoms with E-state index in [1.54, 1.807) is 14.2 Å². The van der Waals surface area contributed by atoms with Crippen LogP contribution in [0.3, 0.4) is 0 Å². The molecule has 8 heteroatoms. The average molecular weight is 299 g/mol. The fourth-order valence-electron chi connectivity index (χ4n) is 1.66. The Kier molecular flexibility index (Phi) is 6.45. The minimum absolute atomic E-state index is 0. The highest BCUT2D eigenvalue weighted by atomic mass is 35.5. The zero-order valence-corrected chi connectivity index (χ0v) is 12.4. The highest BCUT2D eigenvalue weighted by Gasteiger charge is 2.20. The van der Waals surface area contributed by atoms with Crippen LogP contribution in [0.5, 0.6) is 0 Å². The number of hydroxylamine groups is 1. The van der Waals surface area contributed by atoms with Crippen LogP contribution in [0.25, 0.3) is 0 Å². The molecule has 1 aliphatic rings. The molecule has 0 aliphatic heterocycles. The van der Waals surface area contributed by atoms with E-state index < -0.39 is 0 Å². The van der Waals surface area contributed by atoms with Gasteiger partial charge in [-0.25, -0.2) is 10.0 Å². The predicted molar refractivity (Wildman–Crippen MR) is 79.5 cm³/mol. The molecular formula is C12H19ClN6O. The normalized spacial score (nSPS) is 15.4. The summed E-state index contributed by atoms with van der Waals surface area (Å²) >= 11 is 0. The Morgan fingerprint density at radius 2 is 2.25 bits per heavy atom. The van der Waals surface area contributed by atoms with E-state index in [1.807, 2.05) is 0 Å². The molecule has 0 saturated heterocycles. The molecule has 20 heavy (non-hydrogen) atoms. The van der Waals surface area contributed by atoms with Gasteiger partial charge in [0.2, 0.25) is 5.95 Å². The zero-order valence-electron chi connectivity index (χ0n) is 11.5. The Morgan fingerprint density at radius 3 is 2.80 bits per heavy atom. The van der Waals surface area contributed by atoms with Crippen molar-refractivity contribution in [3.63, 3.8) is 0 Å². The van der Waals surface area contributed by atoms with Crippen molar-refractivity contribution in [2.75, 3.05) is 24.5 Å². The Labute approximate surface area is 124 Å². The molecule has 1 aromatic rings. The van der Waals surface area contributed by atoms with E-state index in [-0.39, 0.29) is 18.6 Å². The molecule has 110 valence electrons. The molecule has 0 radical (unpaired) electrons. The van der Waals surface area contributed by atoms with Crippen molar-refractivity contribution in [1.82, 2.24) is 20.3 Å². The first-order valence-corrected chi connectivity index (χ1v) is 6.18. The van der Waals surface area contributed by atoms with Gasteiger partial charge in [0.05, 0.1) is 7.11 Å². The van der Waals surface area contributed by atoms with Crippen molar-refractivity contribution >= 4 is 24.3 Å². The molecule has 0 aromatic carbocycles. The van der Waals surface area contributed by atoms with Gasteiger partial charge in [0.15, 0.2) is 0 Å². The third-order valence-electron chi connectivity index (χ3n) is 3.06. The summed E-state index contributed by atoms with van der Waals surface area (Å²) in [4.78, 5) is 17.3. The molecule has 0 amide bonds. The number of halogens is 1. The molecule has 1 aromatic heterocycles. The van der Waals surface area contributed by atoms with Crippen molar-refractivity contribution in [3.8, 4) is 12.3 Å². The van der Waals surface area contributed by atoms with E-state index in [0.29, 0.717) is 17.9 Å². The number of terminal acetylenes is 1. The highest BCUT2D eigenvalue weighted by Crippen LogP contribution is 2.18. The number of hydrogen-bond acceptors (Lipinski definition) is 7. The van der Waals surface area contributed by atoms with Crippen molar-refractivity contribution in [1.29, 1.82) is 0 Å². The van der Waals surface area contributed by atoms with Crippen LogP contribution in [0.2, 0.25) is 0 Å². The second-order valence-electron chi connectivity index (χ2n) is 4.33. The van der Waals surface area contributed by atoms with Gasteiger partial charge in [0.25, 0.3) is 5.95 Å². The first-order chi connectivity index (χ1) is 9.22. The van der Waals surface area contributed by atoms with Gasteiger partial charge in [0, 0.05) is 13.1 Å². The lowest BCUT2D eigenvalue weighted by Crippen LogP contribution is -2.45. The van der Waals surface area contributed by atoms with Crippen LogP contribution in [0.4, 0.5) is 11.9 Å². The van der Waals surface area contributed by atoms with E-state index in [4.69, 9.17) is 11.3 Å². The predicted octanol–water partition coefficient (Wildman–Crippen LogP) is 0.804. The molecule has 7 nitrogen and oxygen atoms in total. The van der Waals surface area contributed by atoms with E-state index in [0.717, 1.165) is 12.8 Å². The molecule has 1 aliphatic carbocycles. The van der Waals surface area contributed by atoms with Crippen LogP contribution in [0, 0.1) is 12.3 Å². The first-order valence-electron chi connectivity index (χ1n) is 6.18. The molecule has 1 fully saturated rings. The highest BCUT2D eigenvalue weighted by molar-refractivity contribution is 5.85. The summed E-state index contributed by atoms with van der Waals surface area (Å²) in [7, 11) is 3.25. The number of nitrogens with one attached hydrogen (secondary N) is 2. The molecule has 1 atom stereocenters. The fourth-order valence-corrected chi connectivity index (χ4v) is 1.66. The van der Waals surface area contributed by atoms with Gasteiger partial charge in [-0.3, -0.25) is 10.2 Å². The Balaban J connectivity index is 0.00000200. The standard InChI is InChI=1S/C12H18N6O.ClH/c1-4-10(15-9-6-5-7-9)16-11-13-8-14-12(17-11)18(2)19-3;/h1,8-10,15H,5-7H2,2-3H3,(H,13,14,16,17);1H. The van der Waals surface area contributed by atoms with Gasteiger partial charge in [-0.1, -0.05) is 12.3 Å². The van der Waals surface area contributed by atoms with Crippen molar-refractivity contribution < 1.29 is 4.84 Å². The van der Waals surface area contributed by atoms with Crippen LogP contribution in [0.15, 0.2) is 6.33 Å². The lowest BCUT2D eigenvalue weighted by atomic mass is 9.93. The number of anilines is 2. The van der Waals surface area contributed by atoms with E-state index in [9.17, 15) is 0 Å². The smallest absolute Gasteiger partial charge is 0.254 e. The van der Waals surface area contributed by atoms with Crippen LogP contribution in [-0.4, -0.2) is 41.3 Å². The summed E-state index contributed by atoms with van der Waals surface area (Å²) in [6.07, 6.45) is 10.2. The van der Waals surface area contributed by atoms with Gasteiger partial charge in [0.1, 0.15) is 12.5 Å². The monoisotopic (exact) mass is 298 g/mol. The van der Waals surface area contributed by atoms with Crippen LogP contribution in [-0.2, 0) is 4.84 Å². The molecule has 0 spiro atoms. The molecular weight excluding hydrogens is 280 g/mol. The number of rotatable bonds is 6. The number of hydrogen-bond donors (Lipinski definition) is 2. The van der Waals surface area contributed by atoms with Gasteiger partial charge >= 0.3 is 0 Å². The van der Waals surface area contributed by atoms with Gasteiger partial charge < -0.3 is 5.32 Å². The summed E-state index contributed by atoms with van der Waals surface area (Å²) in [5.41, 5.74) is 0. The third-order valence-corrected chi connectivity index (χ3v) is 3.06. The third kappa shape index (κ3) is 4.20. The van der Waals surface area contributed by atoms with Crippen LogP contribution in [0.1, 0.15) is 19.3 Å². The maximum atomic E-state index is 5.49. The second kappa shape index (κ2) is 7.85. The van der Waals surface area contributed by atoms with Crippen molar-refractivity contribution in [2.45, 2.75) is 31.5 Å². The molecule has 1 saturated carbocycles. The fraction of sp³-hybridized carbons (Fsp3) is 0.583. The summed E-state index contributed by atoms with van der Waals surface area (Å²) in [5, 5.41) is 7.82. The average Bonchev–Trinajstić information content (AvgIpc) is 2.40. The maximum Gasteiger partial charge on any atom is 0.254 e. The van der Waals surface area contributed by atoms with Gasteiger partial charge in [-0.05, 0) is 12.8 Å². The Bertz CT molecular complexity index is 462. The van der Waals surface area contributed by atoms with Crippen LogP contribution >= 0.6 is 12.4 Å². The lowest BCUT2D eigenvalue weighted by molar-refractivity contribution is 0.180. The molecule has 2 rings (SSSR count). The largest absolute Gasteiger partial charge is 0.328 e. The molecule has 1 heterocycles. The van der Waals surface area contributed by atoms with Gasteiger partial charge in [-0.2, -0.15) is 9.97 Å². The minimum atomic E-state index is -0.284. The van der Waals surface area contributed by atoms with E-state index >= 15 is 0 Å². The SMILES string of the molecule is C#CC(Nc1ncnc(N(C)OC)n1)NC1CCC1.Cl. The van der Waals surface area contributed by atoms with Gasteiger partial charge in [-0.15, -0.1) is 18.8 Å². The summed E-state index contributed by atoms with van der Waals surface area (Å²) in [6.45, 7) is 0. The lowest BCUT2D eigenvalue weighted by Gasteiger charge is -2.29. The van der Waals surface area contributed by atoms with Crippen LogP contribution < -0.4 is 15.7 Å². The summed E-state index contributed by atoms with van der Waals surface area (Å²) < 4.78 is 0. The molecule has 1 unspecified atom stereocenters. The summed E-state index contributed by atoms with van der Waals surface area (Å²) in [6, 6.07) is 0.483. The quantitative estimate of drug-likeness (QED) is 0.457. The van der Waals surface area contributed by atoms with Crippen molar-refractivity contribution in [2.24, 2.45) is 0 Å². The molecule has 0 bridgehead atoms. The maximum absolute atomic E-state index is 5.49.